The summed E-state index contributed by atoms with van der Waals surface area (Å²) >= 11 is 5.75. The van der Waals surface area contributed by atoms with Gasteiger partial charge in [0, 0.05) is 0 Å². The molecule has 0 radical (unpaired) electrons. The van der Waals surface area contributed by atoms with E-state index in [-0.39, 0.29) is 22.4 Å². The number of ether oxygens (including phenoxy) is 2. The van der Waals surface area contributed by atoms with Gasteiger partial charge in [0.1, 0.15) is 28.9 Å². The van der Waals surface area contributed by atoms with Gasteiger partial charge in [0.15, 0.2) is 5.78 Å². The summed E-state index contributed by atoms with van der Waals surface area (Å²) in [5.41, 5.74) is 0.790. The predicted molar refractivity (Wildman–Crippen MR) is 111 cm³/mol. The molecule has 1 saturated carbocycles. The summed E-state index contributed by atoms with van der Waals surface area (Å²) in [5, 5.41) is 27.5. The average molecular weight is 435 g/mol. The van der Waals surface area contributed by atoms with Crippen molar-refractivity contribution < 1.29 is 34.6 Å². The molecule has 2 aromatic rings. The summed E-state index contributed by atoms with van der Waals surface area (Å²) in [6, 6.07) is 9.75. The van der Waals surface area contributed by atoms with Gasteiger partial charge in [-0.05, 0) is 54.7 Å². The van der Waals surface area contributed by atoms with Gasteiger partial charge in [-0.3, -0.25) is 10.1 Å². The van der Waals surface area contributed by atoms with Crippen molar-refractivity contribution in [1.29, 1.82) is 0 Å². The molecular formula is C22H23ClO7. The van der Waals surface area contributed by atoms with Gasteiger partial charge >= 0.3 is 0 Å². The zero-order valence-electron chi connectivity index (χ0n) is 16.2. The summed E-state index contributed by atoms with van der Waals surface area (Å²) in [6.45, 7) is 1.25. The molecule has 0 spiro atoms. The number of hydrogen-bond acceptors (Lipinski definition) is 7. The number of carbonyl (C=O) groups excluding carboxylic acids is 1. The van der Waals surface area contributed by atoms with Crippen molar-refractivity contribution in [2.75, 3.05) is 19.8 Å². The van der Waals surface area contributed by atoms with Crippen molar-refractivity contribution in [3.8, 4) is 17.2 Å². The summed E-state index contributed by atoms with van der Waals surface area (Å²) in [4.78, 5) is 16.4. The van der Waals surface area contributed by atoms with Crippen LogP contribution in [-0.2, 0) is 9.62 Å². The molecule has 0 saturated heterocycles. The SMILES string of the molecule is O=C(/C=C/c1ccc(OCCOC2CC(COO)C2)cc1)c1ccc(O)c(Cl)c1O. The lowest BCUT2D eigenvalue weighted by Crippen LogP contribution is -2.34. The van der Waals surface area contributed by atoms with Crippen molar-refractivity contribution in [2.24, 2.45) is 5.92 Å². The molecule has 1 fully saturated rings. The fourth-order valence-corrected chi connectivity index (χ4v) is 3.28. The standard InChI is InChI=1S/C22H23ClO7/c23-21-20(25)8-6-18(22(21)26)19(24)7-3-14-1-4-16(5-2-14)28-9-10-29-17-11-15(12-17)13-30-27/h1-8,15,17,25-27H,9-13H2/b7-3+. The lowest BCUT2D eigenvalue weighted by atomic mass is 9.83. The third-order valence-electron chi connectivity index (χ3n) is 4.88. The Bertz CT molecular complexity index is 889. The van der Waals surface area contributed by atoms with Gasteiger partial charge in [-0.25, -0.2) is 4.89 Å². The van der Waals surface area contributed by atoms with Crippen LogP contribution in [0.15, 0.2) is 42.5 Å². The van der Waals surface area contributed by atoms with Crippen LogP contribution in [0.25, 0.3) is 6.08 Å². The Morgan fingerprint density at radius 1 is 1.10 bits per heavy atom. The van der Waals surface area contributed by atoms with Crippen molar-refractivity contribution in [2.45, 2.75) is 18.9 Å². The molecular weight excluding hydrogens is 412 g/mol. The third-order valence-corrected chi connectivity index (χ3v) is 5.25. The quantitative estimate of drug-likeness (QED) is 0.168. The first-order chi connectivity index (χ1) is 14.5. The third kappa shape index (κ3) is 5.73. The minimum Gasteiger partial charge on any atom is -0.506 e. The molecule has 0 amide bonds. The van der Waals surface area contributed by atoms with E-state index in [1.807, 2.05) is 0 Å². The number of aromatic hydroxyl groups is 2. The van der Waals surface area contributed by atoms with Crippen LogP contribution in [-0.4, -0.2) is 47.2 Å². The Labute approximate surface area is 179 Å². The predicted octanol–water partition coefficient (Wildman–Crippen LogP) is 4.31. The largest absolute Gasteiger partial charge is 0.506 e. The summed E-state index contributed by atoms with van der Waals surface area (Å²) in [7, 11) is 0. The zero-order chi connectivity index (χ0) is 21.5. The molecule has 0 aromatic heterocycles. The molecule has 3 rings (SSSR count). The monoisotopic (exact) mass is 434 g/mol. The first kappa shape index (κ1) is 22.1. The average Bonchev–Trinajstić information content (AvgIpc) is 2.72. The highest BCUT2D eigenvalue weighted by Gasteiger charge is 2.29. The molecule has 0 aliphatic heterocycles. The Balaban J connectivity index is 1.43. The van der Waals surface area contributed by atoms with Crippen LogP contribution in [0.5, 0.6) is 17.2 Å². The minimum atomic E-state index is -0.448. The topological polar surface area (TPSA) is 105 Å². The molecule has 3 N–H and O–H groups in total. The first-order valence-corrected chi connectivity index (χ1v) is 9.89. The Morgan fingerprint density at radius 2 is 1.83 bits per heavy atom. The van der Waals surface area contributed by atoms with E-state index in [1.165, 1.54) is 18.2 Å². The van der Waals surface area contributed by atoms with Crippen LogP contribution < -0.4 is 4.74 Å². The number of hydrogen-bond donors (Lipinski definition) is 3. The van der Waals surface area contributed by atoms with E-state index in [4.69, 9.17) is 26.3 Å². The van der Waals surface area contributed by atoms with E-state index in [9.17, 15) is 15.0 Å². The number of allylic oxidation sites excluding steroid dienone is 1. The number of carbonyl (C=O) groups is 1. The van der Waals surface area contributed by atoms with Crippen molar-refractivity contribution >= 4 is 23.5 Å². The van der Waals surface area contributed by atoms with E-state index in [1.54, 1.807) is 30.3 Å². The zero-order valence-corrected chi connectivity index (χ0v) is 16.9. The highest BCUT2D eigenvalue weighted by Crippen LogP contribution is 2.35. The molecule has 7 nitrogen and oxygen atoms in total. The van der Waals surface area contributed by atoms with Crippen LogP contribution >= 0.6 is 11.6 Å². The minimum absolute atomic E-state index is 0.00988. The normalized spacial score (nSPS) is 18.3. The lowest BCUT2D eigenvalue weighted by molar-refractivity contribution is -0.260. The Morgan fingerprint density at radius 3 is 2.53 bits per heavy atom. The van der Waals surface area contributed by atoms with Gasteiger partial charge < -0.3 is 19.7 Å². The second-order valence-electron chi connectivity index (χ2n) is 7.04. The molecule has 30 heavy (non-hydrogen) atoms. The number of ketones is 1. The molecule has 2 aromatic carbocycles. The van der Waals surface area contributed by atoms with Crippen LogP contribution in [0.4, 0.5) is 0 Å². The van der Waals surface area contributed by atoms with Crippen LogP contribution in [0, 0.1) is 5.92 Å². The number of rotatable bonds is 10. The van der Waals surface area contributed by atoms with E-state index in [2.05, 4.69) is 4.89 Å². The fourth-order valence-electron chi connectivity index (χ4n) is 3.12. The van der Waals surface area contributed by atoms with Crippen LogP contribution in [0.3, 0.4) is 0 Å². The van der Waals surface area contributed by atoms with Crippen LogP contribution in [0.1, 0.15) is 28.8 Å². The first-order valence-electron chi connectivity index (χ1n) is 9.51. The maximum atomic E-state index is 12.2. The van der Waals surface area contributed by atoms with Crippen molar-refractivity contribution in [1.82, 2.24) is 0 Å². The maximum absolute atomic E-state index is 12.2. The molecule has 160 valence electrons. The lowest BCUT2D eigenvalue weighted by Gasteiger charge is -2.34. The molecule has 1 aliphatic carbocycles. The van der Waals surface area contributed by atoms with Gasteiger partial charge in [0.25, 0.3) is 0 Å². The second kappa shape index (κ2) is 10.4. The van der Waals surface area contributed by atoms with E-state index >= 15 is 0 Å². The van der Waals surface area contributed by atoms with Gasteiger partial charge in [-0.15, -0.1) is 0 Å². The second-order valence-corrected chi connectivity index (χ2v) is 7.41. The number of phenols is 2. The van der Waals surface area contributed by atoms with E-state index in [0.29, 0.717) is 31.5 Å². The molecule has 8 heteroatoms. The van der Waals surface area contributed by atoms with Crippen LogP contribution in [0.2, 0.25) is 5.02 Å². The molecule has 0 bridgehead atoms. The highest BCUT2D eigenvalue weighted by molar-refractivity contribution is 6.34. The summed E-state index contributed by atoms with van der Waals surface area (Å²) in [6.07, 6.45) is 4.89. The maximum Gasteiger partial charge on any atom is 0.189 e. The van der Waals surface area contributed by atoms with Gasteiger partial charge in [0.05, 0.1) is 24.9 Å². The van der Waals surface area contributed by atoms with E-state index < -0.39 is 11.5 Å². The highest BCUT2D eigenvalue weighted by atomic mass is 35.5. The van der Waals surface area contributed by atoms with Gasteiger partial charge in [0.2, 0.25) is 0 Å². The molecule has 1 aliphatic rings. The molecule has 0 atom stereocenters. The van der Waals surface area contributed by atoms with Crippen molar-refractivity contribution in [3.05, 3.63) is 58.6 Å². The number of phenolic OH excluding ortho intramolecular Hbond substituents is 2. The van der Waals surface area contributed by atoms with E-state index in [0.717, 1.165) is 18.4 Å². The molecule has 0 unspecified atom stereocenters. The Kier molecular flexibility index (Phi) is 7.70. The van der Waals surface area contributed by atoms with Gasteiger partial charge in [-0.1, -0.05) is 29.8 Å². The fraction of sp³-hybridized carbons (Fsp3) is 0.318. The smallest absolute Gasteiger partial charge is 0.189 e. The summed E-state index contributed by atoms with van der Waals surface area (Å²) in [5.74, 6) is -0.121. The summed E-state index contributed by atoms with van der Waals surface area (Å²) < 4.78 is 11.3. The number of benzene rings is 2. The molecule has 0 heterocycles. The Hall–Kier alpha value is -2.58. The van der Waals surface area contributed by atoms with Crippen molar-refractivity contribution in [3.63, 3.8) is 0 Å². The number of halogens is 1. The van der Waals surface area contributed by atoms with Gasteiger partial charge in [-0.2, -0.15) is 0 Å².